The average Bonchev–Trinajstić information content (AvgIpc) is 2.75. The van der Waals surface area contributed by atoms with Crippen LogP contribution in [0.3, 0.4) is 0 Å². The van der Waals surface area contributed by atoms with Crippen molar-refractivity contribution in [2.75, 3.05) is 7.11 Å². The number of halogens is 2. The van der Waals surface area contributed by atoms with E-state index in [1.54, 1.807) is 12.1 Å². The number of ether oxygens (including phenoxy) is 1. The third-order valence-electron chi connectivity index (χ3n) is 6.57. The number of carbonyl (C=O) groups is 1. The second-order valence-corrected chi connectivity index (χ2v) is 8.85. The zero-order valence-electron chi connectivity index (χ0n) is 17.8. The predicted molar refractivity (Wildman–Crippen MR) is 118 cm³/mol. The van der Waals surface area contributed by atoms with Gasteiger partial charge in [-0.15, -0.1) is 0 Å². The van der Waals surface area contributed by atoms with E-state index in [0.29, 0.717) is 12.6 Å². The maximum absolute atomic E-state index is 13.4. The molecule has 2 aliphatic heterocycles. The second kappa shape index (κ2) is 9.03. The standard InChI is InChI=1S/C23H25ClFN3O4/c1-32-21-13-20(28(30)31)19(24)12-18(21)22(29)26-23-10-2-4-17(5-3-11-23)27(23)14-15-6-8-16(25)9-7-15/h6-9,12-13,17H,2-5,10-11,14H2,1H3,(H,26,29). The normalized spacial score (nSPS) is 22.9. The highest BCUT2D eigenvalue weighted by molar-refractivity contribution is 6.33. The molecule has 0 saturated carbocycles. The molecular formula is C23H25ClFN3O4. The van der Waals surface area contributed by atoms with Crippen LogP contribution in [0.15, 0.2) is 36.4 Å². The fourth-order valence-corrected chi connectivity index (χ4v) is 5.28. The Kier molecular flexibility index (Phi) is 6.35. The number of fused-ring (bicyclic) bond motifs is 2. The van der Waals surface area contributed by atoms with E-state index in [2.05, 4.69) is 10.2 Å². The lowest BCUT2D eigenvalue weighted by Crippen LogP contribution is -2.67. The van der Waals surface area contributed by atoms with Crippen LogP contribution in [0.4, 0.5) is 10.1 Å². The van der Waals surface area contributed by atoms with Crippen molar-refractivity contribution >= 4 is 23.2 Å². The van der Waals surface area contributed by atoms with E-state index in [9.17, 15) is 19.3 Å². The second-order valence-electron chi connectivity index (χ2n) is 8.44. The Morgan fingerprint density at radius 1 is 1.28 bits per heavy atom. The van der Waals surface area contributed by atoms with Gasteiger partial charge >= 0.3 is 0 Å². The van der Waals surface area contributed by atoms with E-state index < -0.39 is 10.6 Å². The molecule has 2 aliphatic rings. The number of nitrogens with one attached hydrogen (secondary N) is 1. The number of methoxy groups -OCH3 is 1. The lowest BCUT2D eigenvalue weighted by Gasteiger charge is -2.55. The summed E-state index contributed by atoms with van der Waals surface area (Å²) >= 11 is 6.07. The lowest BCUT2D eigenvalue weighted by atomic mass is 9.79. The Bertz CT molecular complexity index is 1020. The summed E-state index contributed by atoms with van der Waals surface area (Å²) in [6.45, 7) is 0.601. The third kappa shape index (κ3) is 4.29. The van der Waals surface area contributed by atoms with Crippen molar-refractivity contribution in [1.29, 1.82) is 0 Å². The number of nitro groups is 1. The van der Waals surface area contributed by atoms with Crippen LogP contribution in [0.2, 0.25) is 5.02 Å². The van der Waals surface area contributed by atoms with Crippen LogP contribution in [0.5, 0.6) is 5.75 Å². The smallest absolute Gasteiger partial charge is 0.291 e. The maximum Gasteiger partial charge on any atom is 0.291 e. The van der Waals surface area contributed by atoms with Crippen LogP contribution < -0.4 is 10.1 Å². The van der Waals surface area contributed by atoms with Crippen LogP contribution >= 0.6 is 11.6 Å². The van der Waals surface area contributed by atoms with Crippen LogP contribution in [-0.2, 0) is 6.54 Å². The van der Waals surface area contributed by atoms with Gasteiger partial charge in [-0.05, 0) is 62.3 Å². The van der Waals surface area contributed by atoms with Gasteiger partial charge in [0.05, 0.1) is 29.3 Å². The molecule has 32 heavy (non-hydrogen) atoms. The van der Waals surface area contributed by atoms with Gasteiger partial charge < -0.3 is 10.1 Å². The van der Waals surface area contributed by atoms with E-state index in [0.717, 1.165) is 44.1 Å². The highest BCUT2D eigenvalue weighted by Gasteiger charge is 2.47. The largest absolute Gasteiger partial charge is 0.496 e. The van der Waals surface area contributed by atoms with Gasteiger partial charge in [0, 0.05) is 12.6 Å². The minimum absolute atomic E-state index is 0.100. The molecule has 2 aromatic rings. The molecule has 9 heteroatoms. The van der Waals surface area contributed by atoms with Crippen molar-refractivity contribution in [2.24, 2.45) is 0 Å². The molecule has 0 aliphatic carbocycles. The zero-order chi connectivity index (χ0) is 22.9. The van der Waals surface area contributed by atoms with Gasteiger partial charge in [-0.25, -0.2) is 4.39 Å². The Balaban J connectivity index is 1.64. The van der Waals surface area contributed by atoms with Gasteiger partial charge in [0.1, 0.15) is 16.6 Å². The first-order valence-corrected chi connectivity index (χ1v) is 11.1. The van der Waals surface area contributed by atoms with Crippen LogP contribution in [0, 0.1) is 15.9 Å². The Morgan fingerprint density at radius 3 is 2.53 bits per heavy atom. The van der Waals surface area contributed by atoms with E-state index in [1.807, 2.05) is 0 Å². The summed E-state index contributed by atoms with van der Waals surface area (Å²) in [7, 11) is 1.36. The monoisotopic (exact) mass is 461 g/mol. The summed E-state index contributed by atoms with van der Waals surface area (Å²) in [4.78, 5) is 26.3. The first kappa shape index (κ1) is 22.5. The zero-order valence-corrected chi connectivity index (χ0v) is 18.5. The van der Waals surface area contributed by atoms with E-state index in [4.69, 9.17) is 16.3 Å². The van der Waals surface area contributed by atoms with Crippen molar-refractivity contribution in [3.8, 4) is 5.75 Å². The number of piperidine rings is 2. The molecule has 4 rings (SSSR count). The predicted octanol–water partition coefficient (Wildman–Crippen LogP) is 5.06. The molecule has 1 N–H and O–H groups in total. The number of nitrogens with zero attached hydrogens (tertiary/aromatic N) is 2. The van der Waals surface area contributed by atoms with E-state index in [1.165, 1.54) is 31.4 Å². The molecule has 1 amide bonds. The number of nitro benzene ring substituents is 1. The summed E-state index contributed by atoms with van der Waals surface area (Å²) in [6, 6.07) is 9.23. The minimum atomic E-state index is -0.609. The number of amides is 1. The van der Waals surface area contributed by atoms with Gasteiger partial charge in [0.25, 0.3) is 11.6 Å². The Morgan fingerprint density at radius 2 is 1.94 bits per heavy atom. The van der Waals surface area contributed by atoms with Crippen molar-refractivity contribution < 1.29 is 18.8 Å². The number of carbonyl (C=O) groups excluding carboxylic acids is 1. The number of rotatable bonds is 6. The molecule has 2 heterocycles. The summed E-state index contributed by atoms with van der Waals surface area (Å²) in [6.07, 6.45) is 5.65. The number of benzene rings is 2. The van der Waals surface area contributed by atoms with Crippen LogP contribution in [0.1, 0.15) is 54.4 Å². The van der Waals surface area contributed by atoms with Crippen LogP contribution in [-0.4, -0.2) is 34.5 Å². The van der Waals surface area contributed by atoms with Gasteiger partial charge in [0.2, 0.25) is 0 Å². The molecule has 0 unspecified atom stereocenters. The Hall–Kier alpha value is -2.71. The molecule has 2 bridgehead atoms. The SMILES string of the molecule is COc1cc([N+](=O)[O-])c(Cl)cc1C(=O)NC12CCCC(CCC1)N2Cc1ccc(F)cc1. The molecule has 170 valence electrons. The fourth-order valence-electron chi connectivity index (χ4n) is 5.05. The summed E-state index contributed by atoms with van der Waals surface area (Å²) in [5.74, 6) is -0.564. The molecule has 2 aromatic carbocycles. The highest BCUT2D eigenvalue weighted by Crippen LogP contribution is 2.42. The first-order chi connectivity index (χ1) is 15.3. The molecule has 2 fully saturated rings. The number of hydrogen-bond donors (Lipinski definition) is 1. The highest BCUT2D eigenvalue weighted by atomic mass is 35.5. The molecule has 0 radical (unpaired) electrons. The first-order valence-electron chi connectivity index (χ1n) is 10.7. The topological polar surface area (TPSA) is 84.7 Å². The van der Waals surface area contributed by atoms with E-state index >= 15 is 0 Å². The van der Waals surface area contributed by atoms with Crippen molar-refractivity contribution in [1.82, 2.24) is 10.2 Å². The Labute approximate surface area is 190 Å². The fraction of sp³-hybridized carbons (Fsp3) is 0.435. The quantitative estimate of drug-likeness (QED) is 0.480. The van der Waals surface area contributed by atoms with Gasteiger partial charge in [0.15, 0.2) is 0 Å². The maximum atomic E-state index is 13.4. The molecular weight excluding hydrogens is 437 g/mol. The van der Waals surface area contributed by atoms with Gasteiger partial charge in [-0.1, -0.05) is 23.7 Å². The number of hydrogen-bond acceptors (Lipinski definition) is 5. The van der Waals surface area contributed by atoms with E-state index in [-0.39, 0.29) is 33.7 Å². The summed E-state index contributed by atoms with van der Waals surface area (Å²) in [5, 5.41) is 14.3. The lowest BCUT2D eigenvalue weighted by molar-refractivity contribution is -0.384. The van der Waals surface area contributed by atoms with Crippen molar-refractivity contribution in [2.45, 2.75) is 56.8 Å². The molecule has 0 aromatic heterocycles. The van der Waals surface area contributed by atoms with Crippen molar-refractivity contribution in [3.63, 3.8) is 0 Å². The summed E-state index contributed by atoms with van der Waals surface area (Å²) in [5.41, 5.74) is 0.277. The molecule has 0 atom stereocenters. The van der Waals surface area contributed by atoms with Gasteiger partial charge in [-0.3, -0.25) is 19.8 Å². The van der Waals surface area contributed by atoms with Gasteiger partial charge in [-0.2, -0.15) is 0 Å². The molecule has 0 spiro atoms. The molecule has 7 nitrogen and oxygen atoms in total. The average molecular weight is 462 g/mol. The third-order valence-corrected chi connectivity index (χ3v) is 6.87. The van der Waals surface area contributed by atoms with Crippen molar-refractivity contribution in [3.05, 3.63) is 68.5 Å². The molecule has 2 saturated heterocycles. The minimum Gasteiger partial charge on any atom is -0.496 e. The summed E-state index contributed by atoms with van der Waals surface area (Å²) < 4.78 is 18.6. The van der Waals surface area contributed by atoms with Crippen LogP contribution in [0.25, 0.3) is 0 Å².